The van der Waals surface area contributed by atoms with Gasteiger partial charge in [0, 0.05) is 25.4 Å². The predicted octanol–water partition coefficient (Wildman–Crippen LogP) is 0.389. The summed E-state index contributed by atoms with van der Waals surface area (Å²) in [5, 5.41) is 3.16. The molecule has 1 fully saturated rings. The number of nitrogens with one attached hydrogen (secondary N) is 1. The number of carbonyl (C=O) groups excluding carboxylic acids is 1. The van der Waals surface area contributed by atoms with Crippen LogP contribution in [0, 0.1) is 12.8 Å². The van der Waals surface area contributed by atoms with Crippen LogP contribution in [0.5, 0.6) is 0 Å². The molecule has 0 aromatic carbocycles. The van der Waals surface area contributed by atoms with E-state index in [1.54, 1.807) is 0 Å². The molecule has 0 aliphatic carbocycles. The van der Waals surface area contributed by atoms with Crippen molar-refractivity contribution in [1.29, 1.82) is 0 Å². The highest BCUT2D eigenvalue weighted by Gasteiger charge is 2.18. The molecule has 9 heavy (non-hydrogen) atoms. The number of piperidine rings is 1. The Bertz CT molecular complexity index is 111. The summed E-state index contributed by atoms with van der Waals surface area (Å²) in [6.07, 6.45) is 1.44. The number of ketones is 1. The average molecular weight is 126 g/mol. The first-order chi connectivity index (χ1) is 4.34. The van der Waals surface area contributed by atoms with Crippen LogP contribution < -0.4 is 5.32 Å². The maximum atomic E-state index is 10.9. The van der Waals surface area contributed by atoms with Gasteiger partial charge in [0.05, 0.1) is 0 Å². The fraction of sp³-hybridized carbons (Fsp3) is 0.714. The first-order valence-electron chi connectivity index (χ1n) is 3.37. The van der Waals surface area contributed by atoms with E-state index in [1.165, 1.54) is 0 Å². The Balaban J connectivity index is 2.39. The summed E-state index contributed by atoms with van der Waals surface area (Å²) in [7, 11) is 0. The summed E-state index contributed by atoms with van der Waals surface area (Å²) < 4.78 is 0. The molecule has 1 aliphatic heterocycles. The van der Waals surface area contributed by atoms with Crippen molar-refractivity contribution in [3.63, 3.8) is 0 Å². The van der Waals surface area contributed by atoms with E-state index in [0.717, 1.165) is 19.5 Å². The second-order valence-corrected chi connectivity index (χ2v) is 2.41. The summed E-state index contributed by atoms with van der Waals surface area (Å²) in [6, 6.07) is 0. The van der Waals surface area contributed by atoms with E-state index in [-0.39, 0.29) is 5.92 Å². The topological polar surface area (TPSA) is 29.1 Å². The Morgan fingerprint density at radius 1 is 1.78 bits per heavy atom. The third kappa shape index (κ3) is 1.52. The number of carbonyl (C=O) groups is 1. The lowest BCUT2D eigenvalue weighted by Gasteiger charge is -2.19. The smallest absolute Gasteiger partial charge is 0.138 e. The Morgan fingerprint density at radius 3 is 3.00 bits per heavy atom. The van der Waals surface area contributed by atoms with Crippen molar-refractivity contribution in [3.8, 4) is 0 Å². The third-order valence-electron chi connectivity index (χ3n) is 1.74. The molecule has 1 rings (SSSR count). The van der Waals surface area contributed by atoms with Gasteiger partial charge in [0.2, 0.25) is 0 Å². The van der Waals surface area contributed by atoms with Crippen LogP contribution in [0.15, 0.2) is 0 Å². The molecular formula is C7H12NO. The molecule has 1 N–H and O–H groups in total. The van der Waals surface area contributed by atoms with E-state index >= 15 is 0 Å². The Kier molecular flexibility index (Phi) is 2.22. The van der Waals surface area contributed by atoms with Crippen molar-refractivity contribution in [2.24, 2.45) is 5.92 Å². The van der Waals surface area contributed by atoms with Crippen LogP contribution in [0.3, 0.4) is 0 Å². The minimum atomic E-state index is 0.193. The van der Waals surface area contributed by atoms with Crippen molar-refractivity contribution in [2.45, 2.75) is 12.8 Å². The van der Waals surface area contributed by atoms with Gasteiger partial charge >= 0.3 is 0 Å². The van der Waals surface area contributed by atoms with E-state index < -0.39 is 0 Å². The first kappa shape index (κ1) is 6.75. The van der Waals surface area contributed by atoms with Crippen molar-refractivity contribution in [3.05, 3.63) is 6.92 Å². The number of hydrogen-bond acceptors (Lipinski definition) is 2. The second kappa shape index (κ2) is 2.97. The molecule has 2 heteroatoms. The Morgan fingerprint density at radius 2 is 2.56 bits per heavy atom. The van der Waals surface area contributed by atoms with Gasteiger partial charge in [0.25, 0.3) is 0 Å². The molecule has 1 saturated heterocycles. The molecule has 1 atom stereocenters. The second-order valence-electron chi connectivity index (χ2n) is 2.41. The van der Waals surface area contributed by atoms with Crippen molar-refractivity contribution in [2.75, 3.05) is 13.1 Å². The number of rotatable bonds is 1. The molecule has 1 radical (unpaired) electrons. The van der Waals surface area contributed by atoms with Gasteiger partial charge < -0.3 is 5.32 Å². The molecule has 0 saturated carbocycles. The van der Waals surface area contributed by atoms with E-state index in [1.807, 2.05) is 0 Å². The Labute approximate surface area is 55.6 Å². The molecule has 0 spiro atoms. The van der Waals surface area contributed by atoms with Crippen LogP contribution >= 0.6 is 0 Å². The van der Waals surface area contributed by atoms with E-state index in [0.29, 0.717) is 12.2 Å². The summed E-state index contributed by atoms with van der Waals surface area (Å²) in [6.45, 7) is 5.39. The van der Waals surface area contributed by atoms with Crippen LogP contribution in [0.2, 0.25) is 0 Å². The molecule has 0 aromatic rings. The summed E-state index contributed by atoms with van der Waals surface area (Å²) in [4.78, 5) is 10.9. The van der Waals surface area contributed by atoms with Gasteiger partial charge in [0.15, 0.2) is 0 Å². The normalized spacial score (nSPS) is 28.6. The number of hydrogen-bond donors (Lipinski definition) is 1. The SMILES string of the molecule is [CH2]CC1CNCCC1=O. The molecule has 0 aromatic heterocycles. The van der Waals surface area contributed by atoms with Gasteiger partial charge in [0.1, 0.15) is 5.78 Å². The highest BCUT2D eigenvalue weighted by molar-refractivity contribution is 5.82. The summed E-state index contributed by atoms with van der Waals surface area (Å²) in [5.74, 6) is 0.572. The van der Waals surface area contributed by atoms with E-state index in [4.69, 9.17) is 0 Å². The van der Waals surface area contributed by atoms with Crippen molar-refractivity contribution < 1.29 is 4.79 Å². The number of Topliss-reactive ketones (excluding diaryl/α,β-unsaturated/α-hetero) is 1. The zero-order valence-electron chi connectivity index (χ0n) is 5.52. The molecule has 1 aliphatic rings. The maximum Gasteiger partial charge on any atom is 0.138 e. The zero-order chi connectivity index (χ0) is 6.69. The van der Waals surface area contributed by atoms with E-state index in [2.05, 4.69) is 12.2 Å². The Hall–Kier alpha value is -0.370. The highest BCUT2D eigenvalue weighted by Crippen LogP contribution is 2.08. The van der Waals surface area contributed by atoms with Crippen LogP contribution in [0.4, 0.5) is 0 Å². The van der Waals surface area contributed by atoms with Crippen LogP contribution in [0.1, 0.15) is 12.8 Å². The lowest BCUT2D eigenvalue weighted by molar-refractivity contribution is -0.123. The van der Waals surface area contributed by atoms with Gasteiger partial charge in [-0.25, -0.2) is 0 Å². The van der Waals surface area contributed by atoms with Crippen LogP contribution in [-0.4, -0.2) is 18.9 Å². The molecule has 0 amide bonds. The van der Waals surface area contributed by atoms with Gasteiger partial charge in [-0.15, -0.1) is 0 Å². The lowest BCUT2D eigenvalue weighted by Crippen LogP contribution is -2.36. The first-order valence-corrected chi connectivity index (χ1v) is 3.37. The fourth-order valence-corrected chi connectivity index (χ4v) is 1.07. The molecule has 2 nitrogen and oxygen atoms in total. The summed E-state index contributed by atoms with van der Waals surface area (Å²) in [5.41, 5.74) is 0. The monoisotopic (exact) mass is 126 g/mol. The minimum Gasteiger partial charge on any atom is -0.316 e. The standard InChI is InChI=1S/C7H12NO/c1-2-6-5-8-4-3-7(6)9/h6,8H,1-5H2. The van der Waals surface area contributed by atoms with Gasteiger partial charge in [-0.05, 0) is 6.42 Å². The third-order valence-corrected chi connectivity index (χ3v) is 1.74. The van der Waals surface area contributed by atoms with Crippen molar-refractivity contribution >= 4 is 5.78 Å². The molecule has 51 valence electrons. The lowest BCUT2D eigenvalue weighted by atomic mass is 9.96. The molecule has 0 bridgehead atoms. The maximum absolute atomic E-state index is 10.9. The van der Waals surface area contributed by atoms with Crippen molar-refractivity contribution in [1.82, 2.24) is 5.32 Å². The zero-order valence-corrected chi connectivity index (χ0v) is 5.52. The van der Waals surface area contributed by atoms with Gasteiger partial charge in [-0.1, -0.05) is 6.92 Å². The molecule has 1 unspecified atom stereocenters. The predicted molar refractivity (Wildman–Crippen MR) is 36.0 cm³/mol. The average Bonchev–Trinajstić information content (AvgIpc) is 1.89. The highest BCUT2D eigenvalue weighted by atomic mass is 16.1. The summed E-state index contributed by atoms with van der Waals surface area (Å²) >= 11 is 0. The minimum absolute atomic E-state index is 0.193. The van der Waals surface area contributed by atoms with Crippen LogP contribution in [-0.2, 0) is 4.79 Å². The van der Waals surface area contributed by atoms with Crippen LogP contribution in [0.25, 0.3) is 0 Å². The van der Waals surface area contributed by atoms with Gasteiger partial charge in [-0.3, -0.25) is 4.79 Å². The van der Waals surface area contributed by atoms with E-state index in [9.17, 15) is 4.79 Å². The largest absolute Gasteiger partial charge is 0.316 e. The quantitative estimate of drug-likeness (QED) is 0.550. The van der Waals surface area contributed by atoms with Gasteiger partial charge in [-0.2, -0.15) is 0 Å². The fourth-order valence-electron chi connectivity index (χ4n) is 1.07. The molecule has 1 heterocycles. The molecular weight excluding hydrogens is 114 g/mol.